The Kier molecular flexibility index (Phi) is 4.16. The van der Waals surface area contributed by atoms with Gasteiger partial charge in [0, 0.05) is 31.3 Å². The normalized spacial score (nSPS) is 11.1. The maximum absolute atomic E-state index is 11.7. The zero-order chi connectivity index (χ0) is 13.1. The summed E-state index contributed by atoms with van der Waals surface area (Å²) in [6.45, 7) is 5.82. The van der Waals surface area contributed by atoms with Gasteiger partial charge < -0.3 is 9.64 Å². The van der Waals surface area contributed by atoms with Gasteiger partial charge in [0.15, 0.2) is 5.78 Å². The van der Waals surface area contributed by atoms with E-state index in [9.17, 15) is 4.79 Å². The average Bonchev–Trinajstić information content (AvgIpc) is 2.25. The summed E-state index contributed by atoms with van der Waals surface area (Å²) < 4.78 is 5.51. The summed E-state index contributed by atoms with van der Waals surface area (Å²) >= 11 is 0. The molecule has 0 bridgehead atoms. The Morgan fingerprint density at radius 3 is 2.47 bits per heavy atom. The van der Waals surface area contributed by atoms with Crippen LogP contribution in [0.4, 0.5) is 5.69 Å². The highest BCUT2D eigenvalue weighted by Gasteiger charge is 2.21. The fraction of sp³-hybridized carbons (Fsp3) is 0.500. The van der Waals surface area contributed by atoms with Crippen LogP contribution in [-0.4, -0.2) is 26.5 Å². The zero-order valence-electron chi connectivity index (χ0n) is 11.3. The topological polar surface area (TPSA) is 29.5 Å². The number of nitrogens with zero attached hydrogens (tertiary/aromatic N) is 1. The van der Waals surface area contributed by atoms with Crippen LogP contribution in [0.3, 0.4) is 0 Å². The molecule has 0 spiro atoms. The number of carbonyl (C=O) groups excluding carboxylic acids is 1. The van der Waals surface area contributed by atoms with Gasteiger partial charge in [0.1, 0.15) is 12.4 Å². The molecule has 3 heteroatoms. The van der Waals surface area contributed by atoms with Crippen LogP contribution in [-0.2, 0) is 4.79 Å². The van der Waals surface area contributed by atoms with Gasteiger partial charge in [-0.1, -0.05) is 26.8 Å². The van der Waals surface area contributed by atoms with Gasteiger partial charge in [-0.25, -0.2) is 0 Å². The first-order valence-corrected chi connectivity index (χ1v) is 5.74. The van der Waals surface area contributed by atoms with Gasteiger partial charge in [-0.3, -0.25) is 4.79 Å². The van der Waals surface area contributed by atoms with Crippen molar-refractivity contribution in [3.05, 3.63) is 24.3 Å². The van der Waals surface area contributed by atoms with Crippen LogP contribution in [0, 0.1) is 5.41 Å². The third-order valence-electron chi connectivity index (χ3n) is 2.54. The molecule has 0 aromatic heterocycles. The predicted octanol–water partition coefficient (Wildman–Crippen LogP) is 2.75. The standard InChI is InChI=1S/C14H21NO2/c1-14(2,3)13(16)10-17-12-8-6-7-11(9-12)15(4)5/h6-9H,10H2,1-5H3. The SMILES string of the molecule is CN(C)c1cccc(OCC(=O)C(C)(C)C)c1. The second kappa shape index (κ2) is 5.21. The van der Waals surface area contributed by atoms with Crippen molar-refractivity contribution in [2.45, 2.75) is 20.8 Å². The predicted molar refractivity (Wildman–Crippen MR) is 70.7 cm³/mol. The number of ketones is 1. The van der Waals surface area contributed by atoms with E-state index in [1.807, 2.05) is 64.0 Å². The molecule has 94 valence electrons. The van der Waals surface area contributed by atoms with Crippen molar-refractivity contribution in [2.75, 3.05) is 25.6 Å². The molecule has 0 saturated heterocycles. The van der Waals surface area contributed by atoms with Crippen molar-refractivity contribution in [3.63, 3.8) is 0 Å². The molecule has 0 radical (unpaired) electrons. The fourth-order valence-corrected chi connectivity index (χ4v) is 1.22. The van der Waals surface area contributed by atoms with Crippen LogP contribution in [0.1, 0.15) is 20.8 Å². The molecule has 0 fully saturated rings. The maximum Gasteiger partial charge on any atom is 0.175 e. The van der Waals surface area contributed by atoms with Crippen molar-refractivity contribution in [3.8, 4) is 5.75 Å². The summed E-state index contributed by atoms with van der Waals surface area (Å²) in [4.78, 5) is 13.7. The molecule has 0 aliphatic rings. The number of carbonyl (C=O) groups is 1. The summed E-state index contributed by atoms with van der Waals surface area (Å²) in [5.74, 6) is 0.835. The Balaban J connectivity index is 2.64. The third-order valence-corrected chi connectivity index (χ3v) is 2.54. The molecule has 0 atom stereocenters. The lowest BCUT2D eigenvalue weighted by atomic mass is 9.91. The number of ether oxygens (including phenoxy) is 1. The van der Waals surface area contributed by atoms with Crippen molar-refractivity contribution >= 4 is 11.5 Å². The fourth-order valence-electron chi connectivity index (χ4n) is 1.22. The molecule has 3 nitrogen and oxygen atoms in total. The van der Waals surface area contributed by atoms with Gasteiger partial charge in [0.2, 0.25) is 0 Å². The number of Topliss-reactive ketones (excluding diaryl/α,β-unsaturated/α-hetero) is 1. The van der Waals surface area contributed by atoms with Crippen LogP contribution >= 0.6 is 0 Å². The van der Waals surface area contributed by atoms with Crippen molar-refractivity contribution in [1.29, 1.82) is 0 Å². The highest BCUT2D eigenvalue weighted by Crippen LogP contribution is 2.20. The zero-order valence-corrected chi connectivity index (χ0v) is 11.3. The highest BCUT2D eigenvalue weighted by atomic mass is 16.5. The molecule has 17 heavy (non-hydrogen) atoms. The van der Waals surface area contributed by atoms with E-state index < -0.39 is 0 Å². The van der Waals surface area contributed by atoms with Gasteiger partial charge in [0.25, 0.3) is 0 Å². The van der Waals surface area contributed by atoms with E-state index in [1.165, 1.54) is 0 Å². The molecule has 0 unspecified atom stereocenters. The Morgan fingerprint density at radius 2 is 1.94 bits per heavy atom. The highest BCUT2D eigenvalue weighted by molar-refractivity contribution is 5.85. The first kappa shape index (κ1) is 13.6. The molecule has 0 aliphatic carbocycles. The molecule has 0 aliphatic heterocycles. The smallest absolute Gasteiger partial charge is 0.175 e. The number of anilines is 1. The van der Waals surface area contributed by atoms with E-state index in [-0.39, 0.29) is 17.8 Å². The minimum atomic E-state index is -0.348. The van der Waals surface area contributed by atoms with E-state index in [0.29, 0.717) is 0 Å². The summed E-state index contributed by atoms with van der Waals surface area (Å²) in [6.07, 6.45) is 0. The van der Waals surface area contributed by atoms with E-state index in [0.717, 1.165) is 11.4 Å². The Hall–Kier alpha value is -1.51. The molecule has 0 amide bonds. The minimum Gasteiger partial charge on any atom is -0.486 e. The van der Waals surface area contributed by atoms with Crippen molar-refractivity contribution < 1.29 is 9.53 Å². The average molecular weight is 235 g/mol. The monoisotopic (exact) mass is 235 g/mol. The Morgan fingerprint density at radius 1 is 1.29 bits per heavy atom. The molecule has 1 rings (SSSR count). The largest absolute Gasteiger partial charge is 0.486 e. The van der Waals surface area contributed by atoms with E-state index in [1.54, 1.807) is 0 Å². The number of hydrogen-bond donors (Lipinski definition) is 0. The van der Waals surface area contributed by atoms with Crippen molar-refractivity contribution in [2.24, 2.45) is 5.41 Å². The van der Waals surface area contributed by atoms with E-state index in [4.69, 9.17) is 4.74 Å². The molecular formula is C14H21NO2. The number of benzene rings is 1. The Bertz CT molecular complexity index is 391. The minimum absolute atomic E-state index is 0.104. The first-order valence-electron chi connectivity index (χ1n) is 5.74. The molecule has 0 saturated carbocycles. The number of rotatable bonds is 4. The van der Waals surface area contributed by atoms with Gasteiger partial charge in [-0.05, 0) is 12.1 Å². The van der Waals surface area contributed by atoms with Gasteiger partial charge >= 0.3 is 0 Å². The van der Waals surface area contributed by atoms with Gasteiger partial charge in [0.05, 0.1) is 0 Å². The van der Waals surface area contributed by atoms with Crippen LogP contribution < -0.4 is 9.64 Å². The molecular weight excluding hydrogens is 214 g/mol. The lowest BCUT2D eigenvalue weighted by Gasteiger charge is -2.18. The van der Waals surface area contributed by atoms with Crippen molar-refractivity contribution in [1.82, 2.24) is 0 Å². The Labute approximate surface area is 103 Å². The molecule has 1 aromatic carbocycles. The maximum atomic E-state index is 11.7. The second-order valence-corrected chi connectivity index (χ2v) is 5.35. The summed E-state index contributed by atoms with van der Waals surface area (Å²) in [6, 6.07) is 7.71. The van der Waals surface area contributed by atoms with Crippen LogP contribution in [0.2, 0.25) is 0 Å². The summed E-state index contributed by atoms with van der Waals surface area (Å²) in [7, 11) is 3.94. The molecule has 0 N–H and O–H groups in total. The van der Waals surface area contributed by atoms with E-state index in [2.05, 4.69) is 0 Å². The summed E-state index contributed by atoms with van der Waals surface area (Å²) in [5.41, 5.74) is 0.713. The summed E-state index contributed by atoms with van der Waals surface area (Å²) in [5, 5.41) is 0. The van der Waals surface area contributed by atoms with Crippen LogP contribution in [0.25, 0.3) is 0 Å². The second-order valence-electron chi connectivity index (χ2n) is 5.35. The van der Waals surface area contributed by atoms with Gasteiger partial charge in [-0.15, -0.1) is 0 Å². The van der Waals surface area contributed by atoms with Gasteiger partial charge in [-0.2, -0.15) is 0 Å². The third kappa shape index (κ3) is 4.10. The lowest BCUT2D eigenvalue weighted by molar-refractivity contribution is -0.128. The first-order chi connectivity index (χ1) is 7.80. The molecule has 1 aromatic rings. The molecule has 0 heterocycles. The lowest BCUT2D eigenvalue weighted by Crippen LogP contribution is -2.26. The van der Waals surface area contributed by atoms with Crippen LogP contribution in [0.15, 0.2) is 24.3 Å². The van der Waals surface area contributed by atoms with Crippen LogP contribution in [0.5, 0.6) is 5.75 Å². The number of hydrogen-bond acceptors (Lipinski definition) is 3. The quantitative estimate of drug-likeness (QED) is 0.803. The van der Waals surface area contributed by atoms with E-state index >= 15 is 0 Å².